The number of carboxylic acids is 1. The van der Waals surface area contributed by atoms with Gasteiger partial charge in [-0.25, -0.2) is 4.79 Å². The van der Waals surface area contributed by atoms with Gasteiger partial charge in [-0.05, 0) is 50.2 Å². The molecule has 1 amide bonds. The molecular formula is C19H21NO5. The van der Waals surface area contributed by atoms with Gasteiger partial charge in [0.05, 0.1) is 5.92 Å². The Morgan fingerprint density at radius 1 is 1.20 bits per heavy atom. The lowest BCUT2D eigenvalue weighted by Crippen LogP contribution is -2.35. The summed E-state index contributed by atoms with van der Waals surface area (Å²) in [5.41, 5.74) is 0.480. The molecule has 1 heterocycles. The van der Waals surface area contributed by atoms with E-state index in [0.717, 1.165) is 18.2 Å². The van der Waals surface area contributed by atoms with Crippen LogP contribution in [0.4, 0.5) is 0 Å². The van der Waals surface area contributed by atoms with Crippen LogP contribution >= 0.6 is 0 Å². The van der Waals surface area contributed by atoms with E-state index in [2.05, 4.69) is 5.32 Å². The Hall–Kier alpha value is -2.63. The summed E-state index contributed by atoms with van der Waals surface area (Å²) in [5.74, 6) is -1.21. The first kappa shape index (κ1) is 17.2. The smallest absolute Gasteiger partial charge is 0.349 e. The third-order valence-electron chi connectivity index (χ3n) is 5.05. The second-order valence-electron chi connectivity index (χ2n) is 6.65. The molecule has 1 aromatic carbocycles. The van der Waals surface area contributed by atoms with Crippen molar-refractivity contribution in [2.75, 3.05) is 6.54 Å². The number of para-hydroxylation sites is 1. The van der Waals surface area contributed by atoms with Crippen molar-refractivity contribution in [3.8, 4) is 0 Å². The number of carbonyl (C=O) groups excluding carboxylic acids is 1. The van der Waals surface area contributed by atoms with Crippen molar-refractivity contribution in [2.45, 2.75) is 32.6 Å². The van der Waals surface area contributed by atoms with Crippen molar-refractivity contribution in [2.24, 2.45) is 11.8 Å². The second-order valence-corrected chi connectivity index (χ2v) is 6.65. The van der Waals surface area contributed by atoms with E-state index < -0.39 is 17.5 Å². The predicted molar refractivity (Wildman–Crippen MR) is 92.6 cm³/mol. The molecule has 2 N–H and O–H groups in total. The number of aliphatic carboxylic acids is 1. The van der Waals surface area contributed by atoms with Gasteiger partial charge >= 0.3 is 11.6 Å². The zero-order valence-electron chi connectivity index (χ0n) is 14.1. The molecule has 6 nitrogen and oxygen atoms in total. The molecular weight excluding hydrogens is 322 g/mol. The molecule has 25 heavy (non-hydrogen) atoms. The van der Waals surface area contributed by atoms with Crippen molar-refractivity contribution in [3.63, 3.8) is 0 Å². The van der Waals surface area contributed by atoms with Gasteiger partial charge in [0.1, 0.15) is 11.1 Å². The minimum Gasteiger partial charge on any atom is -0.481 e. The number of amides is 1. The van der Waals surface area contributed by atoms with Gasteiger partial charge in [-0.3, -0.25) is 9.59 Å². The van der Waals surface area contributed by atoms with E-state index in [9.17, 15) is 14.4 Å². The van der Waals surface area contributed by atoms with Crippen LogP contribution < -0.4 is 10.9 Å². The van der Waals surface area contributed by atoms with Gasteiger partial charge in [-0.2, -0.15) is 0 Å². The highest BCUT2D eigenvalue weighted by Crippen LogP contribution is 2.28. The lowest BCUT2D eigenvalue weighted by Gasteiger charge is -2.26. The summed E-state index contributed by atoms with van der Waals surface area (Å²) in [4.78, 5) is 35.6. The summed E-state index contributed by atoms with van der Waals surface area (Å²) in [6.07, 6.45) is 2.80. The zero-order valence-corrected chi connectivity index (χ0v) is 14.1. The fourth-order valence-electron chi connectivity index (χ4n) is 3.51. The van der Waals surface area contributed by atoms with Crippen LogP contribution in [-0.2, 0) is 4.79 Å². The van der Waals surface area contributed by atoms with Crippen LogP contribution in [0.3, 0.4) is 0 Å². The average molecular weight is 343 g/mol. The van der Waals surface area contributed by atoms with E-state index in [1.165, 1.54) is 0 Å². The highest BCUT2D eigenvalue weighted by molar-refractivity contribution is 5.99. The first-order valence-electron chi connectivity index (χ1n) is 8.51. The predicted octanol–water partition coefficient (Wildman–Crippen LogP) is 2.72. The van der Waals surface area contributed by atoms with Crippen molar-refractivity contribution in [1.29, 1.82) is 0 Å². The molecule has 0 aliphatic heterocycles. The van der Waals surface area contributed by atoms with Crippen molar-refractivity contribution >= 4 is 22.8 Å². The molecule has 2 aromatic rings. The van der Waals surface area contributed by atoms with Crippen molar-refractivity contribution < 1.29 is 19.1 Å². The number of nitrogens with one attached hydrogen (secondary N) is 1. The highest BCUT2D eigenvalue weighted by atomic mass is 16.4. The summed E-state index contributed by atoms with van der Waals surface area (Å²) in [5, 5.41) is 12.6. The van der Waals surface area contributed by atoms with Crippen LogP contribution in [0.5, 0.6) is 0 Å². The van der Waals surface area contributed by atoms with E-state index in [0.29, 0.717) is 30.5 Å². The summed E-state index contributed by atoms with van der Waals surface area (Å²) >= 11 is 0. The number of hydrogen-bond acceptors (Lipinski definition) is 4. The molecule has 0 spiro atoms. The number of aryl methyl sites for hydroxylation is 1. The molecule has 1 aliphatic carbocycles. The number of hydrogen-bond donors (Lipinski definition) is 2. The molecule has 1 aromatic heterocycles. The van der Waals surface area contributed by atoms with E-state index >= 15 is 0 Å². The van der Waals surface area contributed by atoms with Gasteiger partial charge in [-0.1, -0.05) is 18.2 Å². The molecule has 6 heteroatoms. The minimum absolute atomic E-state index is 0.0397. The topological polar surface area (TPSA) is 96.6 Å². The van der Waals surface area contributed by atoms with Crippen LogP contribution in [0.25, 0.3) is 11.0 Å². The fourth-order valence-corrected chi connectivity index (χ4v) is 3.51. The number of rotatable bonds is 4. The second kappa shape index (κ2) is 7.09. The molecule has 0 saturated heterocycles. The summed E-state index contributed by atoms with van der Waals surface area (Å²) < 4.78 is 5.25. The minimum atomic E-state index is -0.744. The van der Waals surface area contributed by atoms with Crippen molar-refractivity contribution in [3.05, 3.63) is 45.8 Å². The Balaban J connectivity index is 1.69. The largest absolute Gasteiger partial charge is 0.481 e. The van der Waals surface area contributed by atoms with Crippen LogP contribution in [-0.4, -0.2) is 23.5 Å². The van der Waals surface area contributed by atoms with Crippen LogP contribution in [0.15, 0.2) is 33.5 Å². The molecule has 0 atom stereocenters. The quantitative estimate of drug-likeness (QED) is 0.832. The van der Waals surface area contributed by atoms with Gasteiger partial charge in [0, 0.05) is 11.9 Å². The van der Waals surface area contributed by atoms with Crippen LogP contribution in [0, 0.1) is 18.8 Å². The molecule has 1 fully saturated rings. The number of carbonyl (C=O) groups is 2. The van der Waals surface area contributed by atoms with E-state index in [4.69, 9.17) is 9.52 Å². The first-order valence-corrected chi connectivity index (χ1v) is 8.51. The van der Waals surface area contributed by atoms with E-state index in [-0.39, 0.29) is 17.4 Å². The van der Waals surface area contributed by atoms with Crippen molar-refractivity contribution in [1.82, 2.24) is 5.32 Å². The SMILES string of the molecule is Cc1c(C(=O)NCC2CCC(C(=O)O)CC2)c(=O)oc2ccccc12. The van der Waals surface area contributed by atoms with Crippen LogP contribution in [0.1, 0.15) is 41.6 Å². The van der Waals surface area contributed by atoms with Gasteiger partial charge < -0.3 is 14.8 Å². The standard InChI is InChI=1S/C19H21NO5/c1-11-14-4-2-3-5-15(14)25-19(24)16(11)17(21)20-10-12-6-8-13(9-7-12)18(22)23/h2-5,12-13H,6-10H2,1H3,(H,20,21)(H,22,23). The molecule has 132 valence electrons. The summed E-state index contributed by atoms with van der Waals surface area (Å²) in [6.45, 7) is 2.18. The number of benzene rings is 1. The summed E-state index contributed by atoms with van der Waals surface area (Å²) in [6, 6.07) is 7.12. The Kier molecular flexibility index (Phi) is 4.88. The number of fused-ring (bicyclic) bond motifs is 1. The molecule has 1 aliphatic rings. The van der Waals surface area contributed by atoms with Crippen LogP contribution in [0.2, 0.25) is 0 Å². The third-order valence-corrected chi connectivity index (χ3v) is 5.05. The van der Waals surface area contributed by atoms with Gasteiger partial charge in [0.25, 0.3) is 5.91 Å². The first-order chi connectivity index (χ1) is 12.0. The molecule has 1 saturated carbocycles. The molecule has 3 rings (SSSR count). The van der Waals surface area contributed by atoms with E-state index in [1.807, 2.05) is 12.1 Å². The van der Waals surface area contributed by atoms with Gasteiger partial charge in [0.15, 0.2) is 0 Å². The zero-order chi connectivity index (χ0) is 18.0. The Labute approximate surface area is 144 Å². The van der Waals surface area contributed by atoms with Gasteiger partial charge in [-0.15, -0.1) is 0 Å². The highest BCUT2D eigenvalue weighted by Gasteiger charge is 2.26. The molecule has 0 unspecified atom stereocenters. The van der Waals surface area contributed by atoms with Gasteiger partial charge in [0.2, 0.25) is 0 Å². The van der Waals surface area contributed by atoms with E-state index in [1.54, 1.807) is 19.1 Å². The molecule has 0 radical (unpaired) electrons. The lowest BCUT2D eigenvalue weighted by atomic mass is 9.82. The summed E-state index contributed by atoms with van der Waals surface area (Å²) in [7, 11) is 0. The maximum absolute atomic E-state index is 12.5. The average Bonchev–Trinajstić information content (AvgIpc) is 2.60. The lowest BCUT2D eigenvalue weighted by molar-refractivity contribution is -0.143. The normalized spacial score (nSPS) is 20.4. The maximum Gasteiger partial charge on any atom is 0.349 e. The third kappa shape index (κ3) is 3.57. The monoisotopic (exact) mass is 343 g/mol. The molecule has 0 bridgehead atoms. The number of carboxylic acid groups (broad SMARTS) is 1. The fraction of sp³-hybridized carbons (Fsp3) is 0.421. The maximum atomic E-state index is 12.5. The Bertz CT molecular complexity index is 862. The Morgan fingerprint density at radius 3 is 2.56 bits per heavy atom. The Morgan fingerprint density at radius 2 is 1.88 bits per heavy atom.